The van der Waals surface area contributed by atoms with Crippen LogP contribution in [0.4, 0.5) is 21.8 Å². The fourth-order valence-corrected chi connectivity index (χ4v) is 12.5. The number of anilines is 3. The van der Waals surface area contributed by atoms with Crippen LogP contribution in [0.1, 0.15) is 121 Å². The van der Waals surface area contributed by atoms with E-state index in [0.717, 1.165) is 55.8 Å². The number of aromatic amines is 1. The Balaban J connectivity index is 0.787. The maximum atomic E-state index is 14.6. The Labute approximate surface area is 452 Å². The van der Waals surface area contributed by atoms with Crippen molar-refractivity contribution in [3.63, 3.8) is 0 Å². The van der Waals surface area contributed by atoms with E-state index in [0.29, 0.717) is 90.1 Å². The molecule has 0 radical (unpaired) electrons. The average Bonchev–Trinajstić information content (AvgIpc) is 4.24. The number of nitrogens with one attached hydrogen (secondary N) is 4. The molecule has 7 heterocycles. The van der Waals surface area contributed by atoms with E-state index in [1.807, 2.05) is 26.0 Å². The van der Waals surface area contributed by atoms with Gasteiger partial charge in [0.1, 0.15) is 51.2 Å². The second kappa shape index (κ2) is 23.0. The first kappa shape index (κ1) is 54.9. The van der Waals surface area contributed by atoms with E-state index in [4.69, 9.17) is 9.72 Å². The lowest BCUT2D eigenvalue weighted by Gasteiger charge is -2.38. The number of H-pyrrole nitrogens is 1. The number of ether oxygens (including phenoxy) is 1. The number of aryl methyl sites for hydroxylation is 1. The number of aromatic nitrogens is 6. The smallest absolute Gasteiger partial charge is 0.255 e. The summed E-state index contributed by atoms with van der Waals surface area (Å²) in [7, 11) is -2.16. The van der Waals surface area contributed by atoms with Gasteiger partial charge in [-0.05, 0) is 148 Å². The lowest BCUT2D eigenvalue weighted by Crippen LogP contribution is -2.57. The van der Waals surface area contributed by atoms with Gasteiger partial charge in [-0.2, -0.15) is 5.10 Å². The van der Waals surface area contributed by atoms with Crippen LogP contribution in [0.15, 0.2) is 71.3 Å². The highest BCUT2D eigenvalue weighted by molar-refractivity contribution is 7.92. The van der Waals surface area contributed by atoms with E-state index in [2.05, 4.69) is 46.0 Å². The molecule has 0 bridgehead atoms. The van der Waals surface area contributed by atoms with Crippen molar-refractivity contribution in [3.8, 4) is 5.75 Å². The third-order valence-electron chi connectivity index (χ3n) is 15.4. The summed E-state index contributed by atoms with van der Waals surface area (Å²) in [6.07, 6.45) is 7.89. The van der Waals surface area contributed by atoms with Crippen molar-refractivity contribution in [2.75, 3.05) is 56.6 Å². The van der Waals surface area contributed by atoms with Crippen LogP contribution < -0.4 is 25.6 Å². The normalized spacial score (nSPS) is 17.6. The standard InChI is InChI=1S/C55H67FN12O7S2/c1-32-33(2)64-65-49(32)63-50-40-27-45(77(73,74)55(4,5)6)44(28-41(40)59-31-60-50)75-26-20-35-16-22-66(23-17-35)46-15-12-38(29-58-46)53(71)67-24-18-36(19-25-67)47(62-51(70)34(3)57-7)54(72)68-21-8-9-43(68)52-61-42(30-76-52)48(69)37-10-13-39(56)14-11-37/h10-15,27-31,34-36,43,47,57H,8-9,16-26H2,1-7H3,(H,62,70)(H2,59,60,63,64,65)/t34-,43-,47?/m0/s1. The summed E-state index contributed by atoms with van der Waals surface area (Å²) in [6, 6.07) is 10.5. The number of benzene rings is 2. The summed E-state index contributed by atoms with van der Waals surface area (Å²) in [5, 5.41) is 19.4. The highest BCUT2D eigenvalue weighted by atomic mass is 32.2. The minimum Gasteiger partial charge on any atom is -0.492 e. The van der Waals surface area contributed by atoms with Gasteiger partial charge in [0.15, 0.2) is 15.7 Å². The Morgan fingerprint density at radius 3 is 2.30 bits per heavy atom. The molecule has 3 saturated heterocycles. The van der Waals surface area contributed by atoms with Crippen molar-refractivity contribution in [2.45, 2.75) is 114 Å². The number of likely N-dealkylation sites (tertiary alicyclic amines) is 2. The molecule has 1 unspecified atom stereocenters. The zero-order valence-corrected chi connectivity index (χ0v) is 46.2. The lowest BCUT2D eigenvalue weighted by atomic mass is 9.87. The van der Waals surface area contributed by atoms with Gasteiger partial charge in [0.25, 0.3) is 5.91 Å². The minimum atomic E-state index is -3.84. The Kier molecular flexibility index (Phi) is 16.4. The van der Waals surface area contributed by atoms with Crippen LogP contribution in [0.5, 0.6) is 5.75 Å². The summed E-state index contributed by atoms with van der Waals surface area (Å²) < 4.78 is 46.8. The molecule has 3 amide bonds. The number of rotatable bonds is 17. The molecule has 9 rings (SSSR count). The molecule has 77 heavy (non-hydrogen) atoms. The maximum Gasteiger partial charge on any atom is 0.255 e. The van der Waals surface area contributed by atoms with E-state index in [-0.39, 0.29) is 51.8 Å². The number of piperidine rings is 2. The Morgan fingerprint density at radius 1 is 0.909 bits per heavy atom. The second-order valence-corrected chi connectivity index (χ2v) is 24.9. The topological polar surface area (TPSA) is 238 Å². The third kappa shape index (κ3) is 11.8. The van der Waals surface area contributed by atoms with Crippen LogP contribution in [-0.4, -0.2) is 135 Å². The lowest BCUT2D eigenvalue weighted by molar-refractivity contribution is -0.139. The minimum absolute atomic E-state index is 0.0799. The van der Waals surface area contributed by atoms with Crippen LogP contribution in [0.2, 0.25) is 0 Å². The van der Waals surface area contributed by atoms with Crippen molar-refractivity contribution in [2.24, 2.45) is 11.8 Å². The Bertz CT molecular complexity index is 3240. The number of ketones is 1. The molecular weight excluding hydrogens is 1020 g/mol. The number of hydrogen-bond acceptors (Lipinski definition) is 16. The van der Waals surface area contributed by atoms with Crippen molar-refractivity contribution in [3.05, 3.63) is 105 Å². The highest BCUT2D eigenvalue weighted by Crippen LogP contribution is 2.39. The number of sulfone groups is 1. The van der Waals surface area contributed by atoms with E-state index in [1.165, 1.54) is 41.9 Å². The summed E-state index contributed by atoms with van der Waals surface area (Å²) in [4.78, 5) is 79.2. The van der Waals surface area contributed by atoms with Crippen LogP contribution in [0.3, 0.4) is 0 Å². The van der Waals surface area contributed by atoms with Gasteiger partial charge in [0, 0.05) is 72.6 Å². The molecular formula is C55H67FN12O7S2. The van der Waals surface area contributed by atoms with Gasteiger partial charge in [0.2, 0.25) is 17.6 Å². The number of carbonyl (C=O) groups is 4. The van der Waals surface area contributed by atoms with Crippen LogP contribution in [-0.2, 0) is 19.4 Å². The van der Waals surface area contributed by atoms with E-state index < -0.39 is 32.5 Å². The maximum absolute atomic E-state index is 14.6. The molecule has 4 N–H and O–H groups in total. The molecule has 4 aromatic heterocycles. The van der Waals surface area contributed by atoms with Gasteiger partial charge in [-0.25, -0.2) is 32.7 Å². The number of fused-ring (bicyclic) bond motifs is 1. The van der Waals surface area contributed by atoms with Gasteiger partial charge < -0.3 is 35.4 Å². The predicted octanol–water partition coefficient (Wildman–Crippen LogP) is 7.50. The number of likely N-dealkylation sites (N-methyl/N-ethyl adjacent to an activating group) is 1. The van der Waals surface area contributed by atoms with Crippen molar-refractivity contribution >= 4 is 73.0 Å². The number of amides is 3. The number of pyridine rings is 1. The molecule has 3 fully saturated rings. The van der Waals surface area contributed by atoms with Crippen molar-refractivity contribution in [1.29, 1.82) is 0 Å². The molecule has 0 aliphatic carbocycles. The molecule has 19 nitrogen and oxygen atoms in total. The van der Waals surface area contributed by atoms with Gasteiger partial charge in [0.05, 0.1) is 34.5 Å². The van der Waals surface area contributed by atoms with Gasteiger partial charge in [-0.15, -0.1) is 11.3 Å². The number of halogens is 1. The van der Waals surface area contributed by atoms with Gasteiger partial charge >= 0.3 is 0 Å². The van der Waals surface area contributed by atoms with Gasteiger partial charge in [-0.3, -0.25) is 24.3 Å². The summed E-state index contributed by atoms with van der Waals surface area (Å²) in [5.41, 5.74) is 3.37. The molecule has 3 aliphatic heterocycles. The molecule has 408 valence electrons. The highest BCUT2D eigenvalue weighted by Gasteiger charge is 2.42. The Morgan fingerprint density at radius 2 is 1.64 bits per heavy atom. The first-order chi connectivity index (χ1) is 36.8. The average molecular weight is 1090 g/mol. The summed E-state index contributed by atoms with van der Waals surface area (Å²) in [6.45, 7) is 13.7. The number of carbonyl (C=O) groups excluding carboxylic acids is 4. The number of thiazole rings is 1. The molecule has 3 atom stereocenters. The largest absolute Gasteiger partial charge is 0.492 e. The predicted molar refractivity (Wildman–Crippen MR) is 292 cm³/mol. The first-order valence-electron chi connectivity index (χ1n) is 26.3. The number of hydrogen-bond donors (Lipinski definition) is 4. The molecule has 22 heteroatoms. The van der Waals surface area contributed by atoms with Crippen molar-refractivity contribution < 1.29 is 36.7 Å². The van der Waals surface area contributed by atoms with Crippen molar-refractivity contribution in [1.82, 2.24) is 50.6 Å². The van der Waals surface area contributed by atoms with E-state index >= 15 is 0 Å². The quantitative estimate of drug-likeness (QED) is 0.0647. The monoisotopic (exact) mass is 1090 g/mol. The fraction of sp³-hybridized carbons (Fsp3) is 0.473. The third-order valence-corrected chi connectivity index (χ3v) is 18.8. The summed E-state index contributed by atoms with van der Waals surface area (Å²) >= 11 is 1.30. The Hall–Kier alpha value is -6.91. The molecule has 0 saturated carbocycles. The van der Waals surface area contributed by atoms with Gasteiger partial charge in [-0.1, -0.05) is 0 Å². The van der Waals surface area contributed by atoms with Crippen LogP contribution >= 0.6 is 11.3 Å². The second-order valence-electron chi connectivity index (χ2n) is 21.3. The SMILES string of the molecule is CN[C@@H](C)C(=O)NC(C(=O)N1CCC[C@H]1c1nc(C(=O)c2ccc(F)cc2)cs1)C1CCN(C(=O)c2ccc(N3CCC(CCOc4cc5ncnc(Nc6n[nH]c(C)c6C)c5cc4S(=O)(=O)C(C)(C)C)CC3)nc2)CC1. The molecule has 2 aromatic carbocycles. The molecule has 6 aromatic rings. The van der Waals surface area contributed by atoms with E-state index in [1.54, 1.807) is 68.3 Å². The van der Waals surface area contributed by atoms with Crippen LogP contribution in [0.25, 0.3) is 10.9 Å². The molecule has 0 spiro atoms. The number of nitrogens with zero attached hydrogens (tertiary/aromatic N) is 8. The fourth-order valence-electron chi connectivity index (χ4n) is 10.2. The first-order valence-corrected chi connectivity index (χ1v) is 28.7. The summed E-state index contributed by atoms with van der Waals surface area (Å²) in [5.74, 6) is 0.710. The zero-order valence-electron chi connectivity index (χ0n) is 44.6. The van der Waals surface area contributed by atoms with E-state index in [9.17, 15) is 32.0 Å². The molecule has 3 aliphatic rings. The zero-order chi connectivity index (χ0) is 54.8. The van der Waals surface area contributed by atoms with Crippen LogP contribution in [0, 0.1) is 31.5 Å².